The number of hydrogen-bond acceptors (Lipinski definition) is 6. The molecule has 0 saturated carbocycles. The van der Waals surface area contributed by atoms with E-state index in [1.807, 2.05) is 61.5 Å². The van der Waals surface area contributed by atoms with Crippen molar-refractivity contribution < 1.29 is 22.7 Å². The molecule has 2 atom stereocenters. The van der Waals surface area contributed by atoms with E-state index in [0.717, 1.165) is 22.4 Å². The predicted octanol–water partition coefficient (Wildman–Crippen LogP) is 3.54. The highest BCUT2D eigenvalue weighted by Gasteiger charge is 2.40. The molecular weight excluding hydrogens is 560 g/mol. The minimum atomic E-state index is -3.87. The third-order valence-electron chi connectivity index (χ3n) is 6.88. The standard InChI is InChI=1S/C30H34N4O5S2/c1-21-10-16-25(17-11-21)41(37,38)34-18-6-9-27(34)28(35)33-26(29(36)39-2)19-22-12-14-24(15-13-22)32-30(40)31-20-23-7-4-3-5-8-23/h3-5,7-8,10-17,26-27H,6,9,18-20H2,1-2H3,(H,33,35)(H2,31,32,40)/t26-,27-/m0/s1. The molecule has 0 radical (unpaired) electrons. The number of aryl methyl sites for hydroxylation is 1. The van der Waals surface area contributed by atoms with Crippen LogP contribution in [0.1, 0.15) is 29.5 Å². The highest BCUT2D eigenvalue weighted by Crippen LogP contribution is 2.26. The van der Waals surface area contributed by atoms with Gasteiger partial charge in [0, 0.05) is 25.2 Å². The first-order valence-corrected chi connectivity index (χ1v) is 15.2. The number of anilines is 1. The summed E-state index contributed by atoms with van der Waals surface area (Å²) in [4.78, 5) is 26.0. The number of nitrogens with zero attached hydrogens (tertiary/aromatic N) is 1. The third kappa shape index (κ3) is 7.90. The number of sulfonamides is 1. The molecule has 0 aliphatic carbocycles. The minimum absolute atomic E-state index is 0.135. The fourth-order valence-corrected chi connectivity index (χ4v) is 6.50. The van der Waals surface area contributed by atoms with Crippen LogP contribution in [0.5, 0.6) is 0 Å². The fourth-order valence-electron chi connectivity index (χ4n) is 4.65. The SMILES string of the molecule is COC(=O)[C@H](Cc1ccc(NC(=S)NCc2ccccc2)cc1)NC(=O)[C@@H]1CCCN1S(=O)(=O)c1ccc(C)cc1. The van der Waals surface area contributed by atoms with Gasteiger partial charge in [-0.05, 0) is 67.4 Å². The number of benzene rings is 3. The summed E-state index contributed by atoms with van der Waals surface area (Å²) in [6.45, 7) is 2.70. The Kier molecular flexibility index (Phi) is 10.1. The Labute approximate surface area is 246 Å². The van der Waals surface area contributed by atoms with E-state index in [9.17, 15) is 18.0 Å². The van der Waals surface area contributed by atoms with Gasteiger partial charge < -0.3 is 20.7 Å². The lowest BCUT2D eigenvalue weighted by Crippen LogP contribution is -2.51. The van der Waals surface area contributed by atoms with E-state index in [1.54, 1.807) is 24.3 Å². The van der Waals surface area contributed by atoms with E-state index in [-0.39, 0.29) is 17.9 Å². The average molecular weight is 595 g/mol. The Morgan fingerprint density at radius 2 is 1.68 bits per heavy atom. The van der Waals surface area contributed by atoms with Crippen LogP contribution in [0.25, 0.3) is 0 Å². The number of methoxy groups -OCH3 is 1. The lowest BCUT2D eigenvalue weighted by atomic mass is 10.0. The van der Waals surface area contributed by atoms with Gasteiger partial charge in [0.25, 0.3) is 0 Å². The van der Waals surface area contributed by atoms with E-state index in [1.165, 1.54) is 11.4 Å². The molecule has 9 nitrogen and oxygen atoms in total. The molecule has 0 aromatic heterocycles. The summed E-state index contributed by atoms with van der Waals surface area (Å²) in [5.74, 6) is -1.14. The average Bonchev–Trinajstić information content (AvgIpc) is 3.48. The fraction of sp³-hybridized carbons (Fsp3) is 0.300. The Bertz CT molecular complexity index is 1460. The highest BCUT2D eigenvalue weighted by atomic mass is 32.2. The van der Waals surface area contributed by atoms with Gasteiger partial charge in [0.15, 0.2) is 5.11 Å². The Morgan fingerprint density at radius 1 is 1.00 bits per heavy atom. The first-order valence-electron chi connectivity index (χ1n) is 13.3. The molecule has 0 unspecified atom stereocenters. The number of ether oxygens (including phenoxy) is 1. The van der Waals surface area contributed by atoms with Gasteiger partial charge in [-0.2, -0.15) is 4.31 Å². The van der Waals surface area contributed by atoms with Crippen LogP contribution in [0, 0.1) is 6.92 Å². The number of esters is 1. The maximum atomic E-state index is 13.3. The highest BCUT2D eigenvalue weighted by molar-refractivity contribution is 7.89. The van der Waals surface area contributed by atoms with Crippen molar-refractivity contribution in [2.24, 2.45) is 0 Å². The Morgan fingerprint density at radius 3 is 2.34 bits per heavy atom. The molecule has 3 aromatic carbocycles. The van der Waals surface area contributed by atoms with Crippen molar-refractivity contribution in [3.63, 3.8) is 0 Å². The van der Waals surface area contributed by atoms with Gasteiger partial charge in [-0.25, -0.2) is 13.2 Å². The smallest absolute Gasteiger partial charge is 0.328 e. The summed E-state index contributed by atoms with van der Waals surface area (Å²) in [5, 5.41) is 9.49. The Balaban J connectivity index is 1.37. The van der Waals surface area contributed by atoms with E-state index in [0.29, 0.717) is 24.5 Å². The van der Waals surface area contributed by atoms with Gasteiger partial charge in [0.2, 0.25) is 15.9 Å². The second kappa shape index (κ2) is 13.7. The lowest BCUT2D eigenvalue weighted by molar-refractivity contribution is -0.145. The van der Waals surface area contributed by atoms with Crippen molar-refractivity contribution in [2.75, 3.05) is 19.0 Å². The van der Waals surface area contributed by atoms with E-state index >= 15 is 0 Å². The van der Waals surface area contributed by atoms with Crippen LogP contribution in [0.4, 0.5) is 5.69 Å². The second-order valence-corrected chi connectivity index (χ2v) is 12.2. The predicted molar refractivity (Wildman–Crippen MR) is 162 cm³/mol. The van der Waals surface area contributed by atoms with Crippen LogP contribution >= 0.6 is 12.2 Å². The number of thiocarbonyl (C=S) groups is 1. The zero-order chi connectivity index (χ0) is 29.4. The van der Waals surface area contributed by atoms with E-state index < -0.39 is 34.0 Å². The van der Waals surface area contributed by atoms with Crippen molar-refractivity contribution in [3.05, 3.63) is 95.6 Å². The molecule has 1 aliphatic heterocycles. The normalized spacial score (nSPS) is 16.0. The number of carbonyl (C=O) groups excluding carboxylic acids is 2. The quantitative estimate of drug-likeness (QED) is 0.241. The van der Waals surface area contributed by atoms with E-state index in [4.69, 9.17) is 17.0 Å². The summed E-state index contributed by atoms with van der Waals surface area (Å²) in [6, 6.07) is 21.8. The summed E-state index contributed by atoms with van der Waals surface area (Å²) in [5.41, 5.74) is 3.59. The molecule has 1 aliphatic rings. The van der Waals surface area contributed by atoms with Gasteiger partial charge in [0.05, 0.1) is 12.0 Å². The lowest BCUT2D eigenvalue weighted by Gasteiger charge is -2.25. The molecule has 4 rings (SSSR count). The van der Waals surface area contributed by atoms with E-state index in [2.05, 4.69) is 16.0 Å². The molecule has 3 N–H and O–H groups in total. The molecule has 3 aromatic rings. The molecule has 0 bridgehead atoms. The second-order valence-electron chi connectivity index (χ2n) is 9.87. The van der Waals surface area contributed by atoms with Gasteiger partial charge in [-0.1, -0.05) is 60.2 Å². The minimum Gasteiger partial charge on any atom is -0.467 e. The molecule has 41 heavy (non-hydrogen) atoms. The molecular formula is C30H34N4O5S2. The summed E-state index contributed by atoms with van der Waals surface area (Å²) in [6.07, 6.45) is 1.08. The Hall–Kier alpha value is -3.80. The zero-order valence-corrected chi connectivity index (χ0v) is 24.6. The zero-order valence-electron chi connectivity index (χ0n) is 23.0. The third-order valence-corrected chi connectivity index (χ3v) is 9.05. The molecule has 1 heterocycles. The molecule has 0 spiro atoms. The molecule has 1 fully saturated rings. The number of hydrogen-bond donors (Lipinski definition) is 3. The summed E-state index contributed by atoms with van der Waals surface area (Å²) >= 11 is 5.38. The molecule has 216 valence electrons. The molecule has 11 heteroatoms. The number of rotatable bonds is 10. The monoisotopic (exact) mass is 594 g/mol. The van der Waals surface area contributed by atoms with Gasteiger partial charge in [-0.3, -0.25) is 4.79 Å². The van der Waals surface area contributed by atoms with Gasteiger partial charge in [-0.15, -0.1) is 0 Å². The van der Waals surface area contributed by atoms with Gasteiger partial charge in [0.1, 0.15) is 12.1 Å². The van der Waals surface area contributed by atoms with Crippen LogP contribution in [0.3, 0.4) is 0 Å². The van der Waals surface area contributed by atoms with Gasteiger partial charge >= 0.3 is 5.97 Å². The van der Waals surface area contributed by atoms with Crippen molar-refractivity contribution in [2.45, 2.75) is 49.7 Å². The largest absolute Gasteiger partial charge is 0.467 e. The van der Waals surface area contributed by atoms with Crippen molar-refractivity contribution >= 4 is 44.9 Å². The maximum Gasteiger partial charge on any atom is 0.328 e. The van der Waals surface area contributed by atoms with Crippen LogP contribution in [-0.4, -0.2) is 55.5 Å². The summed E-state index contributed by atoms with van der Waals surface area (Å²) < 4.78 is 32.7. The molecule has 1 saturated heterocycles. The van der Waals surface area contributed by atoms with Crippen LogP contribution in [-0.2, 0) is 37.3 Å². The first-order chi connectivity index (χ1) is 19.7. The molecule has 1 amide bonds. The number of nitrogens with one attached hydrogen (secondary N) is 3. The summed E-state index contributed by atoms with van der Waals surface area (Å²) in [7, 11) is -2.62. The van der Waals surface area contributed by atoms with Crippen molar-refractivity contribution in [1.29, 1.82) is 0 Å². The topological polar surface area (TPSA) is 117 Å². The van der Waals surface area contributed by atoms with Crippen molar-refractivity contribution in [3.8, 4) is 0 Å². The van der Waals surface area contributed by atoms with Crippen LogP contribution in [0.15, 0.2) is 83.8 Å². The first kappa shape index (κ1) is 30.2. The van der Waals surface area contributed by atoms with Crippen molar-refractivity contribution in [1.82, 2.24) is 14.9 Å². The maximum absolute atomic E-state index is 13.3. The van der Waals surface area contributed by atoms with Crippen LogP contribution < -0.4 is 16.0 Å². The number of amides is 1. The van der Waals surface area contributed by atoms with Crippen LogP contribution in [0.2, 0.25) is 0 Å². The number of carbonyl (C=O) groups is 2.